The number of ketones is 1. The van der Waals surface area contributed by atoms with Crippen LogP contribution in [0.3, 0.4) is 0 Å². The molecule has 1 aromatic rings. The van der Waals surface area contributed by atoms with E-state index in [9.17, 15) is 4.79 Å². The third-order valence-electron chi connectivity index (χ3n) is 1.79. The van der Waals surface area contributed by atoms with Gasteiger partial charge >= 0.3 is 0 Å². The van der Waals surface area contributed by atoms with Crippen LogP contribution < -0.4 is 5.32 Å². The average molecular weight is 207 g/mol. The van der Waals surface area contributed by atoms with E-state index in [1.54, 1.807) is 13.1 Å². The van der Waals surface area contributed by atoms with E-state index in [0.29, 0.717) is 5.56 Å². The van der Waals surface area contributed by atoms with Gasteiger partial charge in [-0.2, -0.15) is 0 Å². The molecule has 0 fully saturated rings. The topological polar surface area (TPSA) is 29.1 Å². The summed E-state index contributed by atoms with van der Waals surface area (Å²) in [6.45, 7) is 0. The van der Waals surface area contributed by atoms with Gasteiger partial charge in [-0.05, 0) is 6.26 Å². The van der Waals surface area contributed by atoms with Crippen LogP contribution in [-0.2, 0) is 0 Å². The zero-order valence-corrected chi connectivity index (χ0v) is 9.10. The van der Waals surface area contributed by atoms with Crippen LogP contribution in [0.4, 0.5) is 0 Å². The second kappa shape index (κ2) is 5.50. The summed E-state index contributed by atoms with van der Waals surface area (Å²) in [5.74, 6) is 0.0318. The highest BCUT2D eigenvalue weighted by Gasteiger charge is 2.02. The summed E-state index contributed by atoms with van der Waals surface area (Å²) >= 11 is 1.52. The molecule has 2 nitrogen and oxygen atoms in total. The van der Waals surface area contributed by atoms with Crippen molar-refractivity contribution in [3.8, 4) is 0 Å². The van der Waals surface area contributed by atoms with E-state index in [4.69, 9.17) is 0 Å². The number of allylic oxidation sites excluding steroid dienone is 1. The van der Waals surface area contributed by atoms with Crippen molar-refractivity contribution in [1.82, 2.24) is 5.32 Å². The molecule has 14 heavy (non-hydrogen) atoms. The molecule has 0 aliphatic rings. The van der Waals surface area contributed by atoms with Crippen LogP contribution in [0.15, 0.2) is 41.4 Å². The monoisotopic (exact) mass is 207 g/mol. The molecule has 74 valence electrons. The predicted molar refractivity (Wildman–Crippen MR) is 61.4 cm³/mol. The molecule has 0 amide bonds. The number of thioether (sulfide) groups is 1. The fourth-order valence-corrected chi connectivity index (χ4v) is 1.47. The van der Waals surface area contributed by atoms with Crippen molar-refractivity contribution in [2.45, 2.75) is 0 Å². The fraction of sp³-hybridized carbons (Fsp3) is 0.182. The first kappa shape index (κ1) is 10.9. The quantitative estimate of drug-likeness (QED) is 0.606. The SMILES string of the molecule is CNC(=CC(=O)c1ccccc1)SC. The largest absolute Gasteiger partial charge is 0.383 e. The molecule has 3 heteroatoms. The van der Waals surface area contributed by atoms with E-state index in [2.05, 4.69) is 5.32 Å². The number of carbonyl (C=O) groups is 1. The lowest BCUT2D eigenvalue weighted by molar-refractivity contribution is 0.104. The van der Waals surface area contributed by atoms with Crippen molar-refractivity contribution >= 4 is 17.5 Å². The zero-order valence-electron chi connectivity index (χ0n) is 8.28. The van der Waals surface area contributed by atoms with Crippen LogP contribution in [0.5, 0.6) is 0 Å². The van der Waals surface area contributed by atoms with Crippen LogP contribution in [0, 0.1) is 0 Å². The number of hydrogen-bond donors (Lipinski definition) is 1. The highest BCUT2D eigenvalue weighted by atomic mass is 32.2. The summed E-state index contributed by atoms with van der Waals surface area (Å²) in [5, 5.41) is 3.83. The Kier molecular flexibility index (Phi) is 4.26. The van der Waals surface area contributed by atoms with E-state index >= 15 is 0 Å². The molecule has 0 radical (unpaired) electrons. The Morgan fingerprint density at radius 2 is 2.00 bits per heavy atom. The average Bonchev–Trinajstić information content (AvgIpc) is 2.26. The van der Waals surface area contributed by atoms with Gasteiger partial charge in [-0.3, -0.25) is 4.79 Å². The van der Waals surface area contributed by atoms with Crippen LogP contribution in [0.1, 0.15) is 10.4 Å². The maximum atomic E-state index is 11.6. The highest BCUT2D eigenvalue weighted by molar-refractivity contribution is 8.02. The zero-order chi connectivity index (χ0) is 10.4. The fourth-order valence-electron chi connectivity index (χ4n) is 1.04. The normalized spacial score (nSPS) is 11.1. The number of rotatable bonds is 4. The van der Waals surface area contributed by atoms with Gasteiger partial charge in [0, 0.05) is 18.7 Å². The van der Waals surface area contributed by atoms with Crippen molar-refractivity contribution in [3.63, 3.8) is 0 Å². The molecule has 0 aromatic heterocycles. The summed E-state index contributed by atoms with van der Waals surface area (Å²) in [6, 6.07) is 9.24. The molecular formula is C11H13NOS. The van der Waals surface area contributed by atoms with Gasteiger partial charge in [0.15, 0.2) is 5.78 Å². The smallest absolute Gasteiger partial charge is 0.188 e. The van der Waals surface area contributed by atoms with Crippen LogP contribution in [0.25, 0.3) is 0 Å². The molecule has 0 atom stereocenters. The summed E-state index contributed by atoms with van der Waals surface area (Å²) in [6.07, 6.45) is 3.54. The Balaban J connectivity index is 2.82. The Bertz CT molecular complexity index is 326. The minimum Gasteiger partial charge on any atom is -0.383 e. The third-order valence-corrected chi connectivity index (χ3v) is 2.55. The first-order valence-corrected chi connectivity index (χ1v) is 5.53. The molecule has 0 unspecified atom stereocenters. The molecule has 0 bridgehead atoms. The van der Waals surface area contributed by atoms with Crippen molar-refractivity contribution in [2.75, 3.05) is 13.3 Å². The molecule has 0 spiro atoms. The summed E-state index contributed by atoms with van der Waals surface area (Å²) < 4.78 is 0. The van der Waals surface area contributed by atoms with Crippen molar-refractivity contribution in [2.24, 2.45) is 0 Å². The van der Waals surface area contributed by atoms with Gasteiger partial charge in [-0.15, -0.1) is 11.8 Å². The molecule has 0 aliphatic carbocycles. The molecule has 0 saturated carbocycles. The van der Waals surface area contributed by atoms with E-state index in [1.807, 2.05) is 36.6 Å². The molecule has 0 saturated heterocycles. The minimum atomic E-state index is 0.0318. The molecule has 1 aromatic carbocycles. The second-order valence-electron chi connectivity index (χ2n) is 2.69. The van der Waals surface area contributed by atoms with E-state index in [-0.39, 0.29) is 5.78 Å². The van der Waals surface area contributed by atoms with Crippen molar-refractivity contribution in [1.29, 1.82) is 0 Å². The first-order valence-electron chi connectivity index (χ1n) is 4.30. The number of hydrogen-bond acceptors (Lipinski definition) is 3. The van der Waals surface area contributed by atoms with Crippen LogP contribution in [-0.4, -0.2) is 19.1 Å². The lowest BCUT2D eigenvalue weighted by Gasteiger charge is -2.01. The maximum absolute atomic E-state index is 11.6. The van der Waals surface area contributed by atoms with E-state index in [1.165, 1.54) is 11.8 Å². The van der Waals surface area contributed by atoms with Gasteiger partial charge < -0.3 is 5.32 Å². The Morgan fingerprint density at radius 1 is 1.36 bits per heavy atom. The Hall–Kier alpha value is -1.22. The van der Waals surface area contributed by atoms with Gasteiger partial charge in [0.2, 0.25) is 0 Å². The van der Waals surface area contributed by atoms with Gasteiger partial charge in [-0.1, -0.05) is 30.3 Å². The Labute approximate surface area is 88.4 Å². The molecule has 1 rings (SSSR count). The van der Waals surface area contributed by atoms with Gasteiger partial charge in [0.25, 0.3) is 0 Å². The second-order valence-corrected chi connectivity index (χ2v) is 3.54. The lowest BCUT2D eigenvalue weighted by Crippen LogP contribution is -2.05. The molecule has 0 aliphatic heterocycles. The number of benzene rings is 1. The lowest BCUT2D eigenvalue weighted by atomic mass is 10.1. The molecular weight excluding hydrogens is 194 g/mol. The molecule has 1 N–H and O–H groups in total. The number of nitrogens with one attached hydrogen (secondary N) is 1. The first-order chi connectivity index (χ1) is 6.77. The van der Waals surface area contributed by atoms with Gasteiger partial charge in [-0.25, -0.2) is 0 Å². The minimum absolute atomic E-state index is 0.0318. The Morgan fingerprint density at radius 3 is 2.50 bits per heavy atom. The number of carbonyl (C=O) groups excluding carboxylic acids is 1. The van der Waals surface area contributed by atoms with E-state index in [0.717, 1.165) is 5.03 Å². The molecule has 0 heterocycles. The summed E-state index contributed by atoms with van der Waals surface area (Å²) in [4.78, 5) is 11.6. The van der Waals surface area contributed by atoms with Crippen LogP contribution in [0.2, 0.25) is 0 Å². The third kappa shape index (κ3) is 2.92. The van der Waals surface area contributed by atoms with Gasteiger partial charge in [0.1, 0.15) is 0 Å². The van der Waals surface area contributed by atoms with Crippen molar-refractivity contribution < 1.29 is 4.79 Å². The van der Waals surface area contributed by atoms with Crippen LogP contribution >= 0.6 is 11.8 Å². The summed E-state index contributed by atoms with van der Waals surface area (Å²) in [5.41, 5.74) is 0.717. The highest BCUT2D eigenvalue weighted by Crippen LogP contribution is 2.09. The summed E-state index contributed by atoms with van der Waals surface area (Å²) in [7, 11) is 1.81. The van der Waals surface area contributed by atoms with Crippen molar-refractivity contribution in [3.05, 3.63) is 47.0 Å². The predicted octanol–water partition coefficient (Wildman–Crippen LogP) is 2.29. The van der Waals surface area contributed by atoms with Gasteiger partial charge in [0.05, 0.1) is 5.03 Å². The standard InChI is InChI=1S/C11H13NOS/c1-12-11(14-2)8-10(13)9-6-4-3-5-7-9/h3-8,12H,1-2H3. The maximum Gasteiger partial charge on any atom is 0.188 e. The van der Waals surface area contributed by atoms with E-state index < -0.39 is 0 Å².